The average Bonchev–Trinajstić information content (AvgIpc) is 2.68. The monoisotopic (exact) mass is 361 g/mol. The minimum Gasteiger partial charge on any atom is -0.350 e. The Morgan fingerprint density at radius 2 is 1.69 bits per heavy atom. The molecular formula is C20H16ClN5. The summed E-state index contributed by atoms with van der Waals surface area (Å²) in [5.41, 5.74) is 2.92. The SMILES string of the molecule is Clc1ccc(CNc2nccc(Nc3cccc4cccnc34)n2)cc1. The van der Waals surface area contributed by atoms with Crippen LogP contribution in [0.15, 0.2) is 73.1 Å². The zero-order valence-electron chi connectivity index (χ0n) is 13.9. The zero-order valence-corrected chi connectivity index (χ0v) is 14.6. The number of rotatable bonds is 5. The van der Waals surface area contributed by atoms with E-state index >= 15 is 0 Å². The summed E-state index contributed by atoms with van der Waals surface area (Å²) >= 11 is 5.91. The van der Waals surface area contributed by atoms with Crippen molar-refractivity contribution in [2.24, 2.45) is 0 Å². The van der Waals surface area contributed by atoms with Gasteiger partial charge < -0.3 is 10.6 Å². The van der Waals surface area contributed by atoms with Crippen molar-refractivity contribution in [3.63, 3.8) is 0 Å². The standard InChI is InChI=1S/C20H16ClN5/c21-16-8-6-14(7-9-16)13-24-20-23-12-10-18(26-20)25-17-5-1-3-15-4-2-11-22-19(15)17/h1-12H,13H2,(H2,23,24,25,26). The first-order valence-electron chi connectivity index (χ1n) is 8.20. The van der Waals surface area contributed by atoms with Gasteiger partial charge in [-0.2, -0.15) is 4.98 Å². The van der Waals surface area contributed by atoms with Gasteiger partial charge in [0.2, 0.25) is 5.95 Å². The number of halogens is 1. The summed E-state index contributed by atoms with van der Waals surface area (Å²) < 4.78 is 0. The zero-order chi connectivity index (χ0) is 17.8. The Hall–Kier alpha value is -3.18. The highest BCUT2D eigenvalue weighted by Crippen LogP contribution is 2.23. The number of nitrogens with zero attached hydrogens (tertiary/aromatic N) is 3. The fourth-order valence-electron chi connectivity index (χ4n) is 2.64. The van der Waals surface area contributed by atoms with Gasteiger partial charge >= 0.3 is 0 Å². The molecule has 0 aliphatic carbocycles. The lowest BCUT2D eigenvalue weighted by Gasteiger charge is -2.10. The predicted octanol–water partition coefficient (Wildman–Crippen LogP) is 5.03. The molecule has 0 amide bonds. The molecule has 0 saturated heterocycles. The second kappa shape index (κ2) is 7.37. The van der Waals surface area contributed by atoms with Crippen LogP contribution in [-0.4, -0.2) is 15.0 Å². The van der Waals surface area contributed by atoms with Crippen molar-refractivity contribution in [3.05, 3.63) is 83.6 Å². The quantitative estimate of drug-likeness (QED) is 0.521. The Bertz CT molecular complexity index is 1030. The molecule has 0 fully saturated rings. The van der Waals surface area contributed by atoms with Crippen LogP contribution in [0.2, 0.25) is 5.02 Å². The number of fused-ring (bicyclic) bond motifs is 1. The molecule has 2 heterocycles. The lowest BCUT2D eigenvalue weighted by Crippen LogP contribution is -2.05. The number of anilines is 3. The molecule has 0 aliphatic rings. The van der Waals surface area contributed by atoms with Crippen LogP contribution in [-0.2, 0) is 6.54 Å². The number of aromatic nitrogens is 3. The molecule has 128 valence electrons. The average molecular weight is 362 g/mol. The van der Waals surface area contributed by atoms with E-state index in [1.165, 1.54) is 0 Å². The highest BCUT2D eigenvalue weighted by Gasteiger charge is 2.04. The third kappa shape index (κ3) is 3.73. The molecule has 2 N–H and O–H groups in total. The molecule has 0 spiro atoms. The summed E-state index contributed by atoms with van der Waals surface area (Å²) in [4.78, 5) is 13.2. The van der Waals surface area contributed by atoms with Crippen LogP contribution in [0.25, 0.3) is 10.9 Å². The number of hydrogen-bond donors (Lipinski definition) is 2. The molecule has 2 aromatic carbocycles. The lowest BCUT2D eigenvalue weighted by molar-refractivity contribution is 1.06. The summed E-state index contributed by atoms with van der Waals surface area (Å²) in [7, 11) is 0. The maximum atomic E-state index is 5.91. The van der Waals surface area contributed by atoms with Crippen LogP contribution in [0.3, 0.4) is 0 Å². The van der Waals surface area contributed by atoms with Crippen LogP contribution < -0.4 is 10.6 Å². The fourth-order valence-corrected chi connectivity index (χ4v) is 2.77. The second-order valence-corrected chi connectivity index (χ2v) is 6.19. The number of nitrogens with one attached hydrogen (secondary N) is 2. The van der Waals surface area contributed by atoms with Gasteiger partial charge in [-0.25, -0.2) is 4.98 Å². The summed E-state index contributed by atoms with van der Waals surface area (Å²) in [5, 5.41) is 8.34. The van der Waals surface area contributed by atoms with E-state index in [0.29, 0.717) is 18.3 Å². The van der Waals surface area contributed by atoms with E-state index in [0.717, 1.165) is 27.2 Å². The maximum Gasteiger partial charge on any atom is 0.224 e. The van der Waals surface area contributed by atoms with Gasteiger partial charge in [0, 0.05) is 29.3 Å². The molecule has 0 bridgehead atoms. The smallest absolute Gasteiger partial charge is 0.224 e. The Kier molecular flexibility index (Phi) is 4.62. The first-order valence-corrected chi connectivity index (χ1v) is 8.58. The summed E-state index contributed by atoms with van der Waals surface area (Å²) in [6, 6.07) is 19.5. The van der Waals surface area contributed by atoms with Crippen molar-refractivity contribution in [3.8, 4) is 0 Å². The summed E-state index contributed by atoms with van der Waals surface area (Å²) in [6.07, 6.45) is 3.50. The van der Waals surface area contributed by atoms with Crippen molar-refractivity contribution in [1.29, 1.82) is 0 Å². The predicted molar refractivity (Wildman–Crippen MR) is 106 cm³/mol. The van der Waals surface area contributed by atoms with Crippen LogP contribution in [0.1, 0.15) is 5.56 Å². The third-order valence-electron chi connectivity index (χ3n) is 3.91. The Labute approximate surface area is 156 Å². The first-order chi connectivity index (χ1) is 12.8. The Morgan fingerprint density at radius 1 is 0.846 bits per heavy atom. The van der Waals surface area contributed by atoms with Gasteiger partial charge in [-0.05, 0) is 35.9 Å². The molecule has 2 aromatic heterocycles. The van der Waals surface area contributed by atoms with Gasteiger partial charge in [0.25, 0.3) is 0 Å². The Balaban J connectivity index is 1.51. The van der Waals surface area contributed by atoms with Gasteiger partial charge in [0.15, 0.2) is 0 Å². The summed E-state index contributed by atoms with van der Waals surface area (Å²) in [5.74, 6) is 1.26. The van der Waals surface area contributed by atoms with E-state index in [1.54, 1.807) is 12.4 Å². The van der Waals surface area contributed by atoms with Gasteiger partial charge in [0.1, 0.15) is 5.82 Å². The van der Waals surface area contributed by atoms with Crippen LogP contribution >= 0.6 is 11.6 Å². The normalized spacial score (nSPS) is 10.7. The molecule has 0 atom stereocenters. The minimum atomic E-state index is 0.554. The first kappa shape index (κ1) is 16.3. The molecule has 0 unspecified atom stereocenters. The number of hydrogen-bond acceptors (Lipinski definition) is 5. The molecule has 5 nitrogen and oxygen atoms in total. The third-order valence-corrected chi connectivity index (χ3v) is 4.17. The van der Waals surface area contributed by atoms with Crippen molar-refractivity contribution in [2.45, 2.75) is 6.54 Å². The van der Waals surface area contributed by atoms with E-state index in [-0.39, 0.29) is 0 Å². The topological polar surface area (TPSA) is 62.7 Å². The van der Waals surface area contributed by atoms with Crippen LogP contribution in [0.4, 0.5) is 17.5 Å². The molecular weight excluding hydrogens is 346 g/mol. The van der Waals surface area contributed by atoms with Gasteiger partial charge in [0.05, 0.1) is 11.2 Å². The maximum absolute atomic E-state index is 5.91. The van der Waals surface area contributed by atoms with Crippen molar-refractivity contribution in [2.75, 3.05) is 10.6 Å². The lowest BCUT2D eigenvalue weighted by atomic mass is 10.2. The second-order valence-electron chi connectivity index (χ2n) is 5.75. The largest absolute Gasteiger partial charge is 0.350 e. The fraction of sp³-hybridized carbons (Fsp3) is 0.0500. The van der Waals surface area contributed by atoms with Gasteiger partial charge in [-0.1, -0.05) is 41.9 Å². The van der Waals surface area contributed by atoms with Crippen LogP contribution in [0.5, 0.6) is 0 Å². The van der Waals surface area contributed by atoms with Gasteiger partial charge in [-0.3, -0.25) is 4.98 Å². The minimum absolute atomic E-state index is 0.554. The Morgan fingerprint density at radius 3 is 2.58 bits per heavy atom. The van der Waals surface area contributed by atoms with Gasteiger partial charge in [-0.15, -0.1) is 0 Å². The number of pyridine rings is 1. The summed E-state index contributed by atoms with van der Waals surface area (Å²) in [6.45, 7) is 0.621. The molecule has 0 aliphatic heterocycles. The molecule has 0 radical (unpaired) electrons. The van der Waals surface area contributed by atoms with E-state index in [1.807, 2.05) is 60.7 Å². The molecule has 0 saturated carbocycles. The van der Waals surface area contributed by atoms with E-state index < -0.39 is 0 Å². The van der Waals surface area contributed by atoms with E-state index in [4.69, 9.17) is 11.6 Å². The van der Waals surface area contributed by atoms with Crippen molar-refractivity contribution < 1.29 is 0 Å². The van der Waals surface area contributed by atoms with E-state index in [2.05, 4.69) is 25.6 Å². The highest BCUT2D eigenvalue weighted by atomic mass is 35.5. The van der Waals surface area contributed by atoms with Crippen molar-refractivity contribution in [1.82, 2.24) is 15.0 Å². The molecule has 26 heavy (non-hydrogen) atoms. The van der Waals surface area contributed by atoms with Crippen molar-refractivity contribution >= 4 is 40.0 Å². The molecule has 6 heteroatoms. The number of para-hydroxylation sites is 1. The molecule has 4 rings (SSSR count). The van der Waals surface area contributed by atoms with E-state index in [9.17, 15) is 0 Å². The number of benzene rings is 2. The molecule has 4 aromatic rings. The van der Waals surface area contributed by atoms with Crippen LogP contribution in [0, 0.1) is 0 Å². The highest BCUT2D eigenvalue weighted by molar-refractivity contribution is 6.30.